The molecule has 0 bridgehead atoms. The van der Waals surface area contributed by atoms with Crippen molar-refractivity contribution in [3.63, 3.8) is 0 Å². The SMILES string of the molecule is CC(C)(C)[S@@](=O)NC1c2cc(F)ccc2CC12CCNCC2. The summed E-state index contributed by atoms with van der Waals surface area (Å²) in [7, 11) is -1.16. The Labute approximate surface area is 134 Å². The van der Waals surface area contributed by atoms with Crippen LogP contribution in [0, 0.1) is 11.2 Å². The zero-order valence-electron chi connectivity index (χ0n) is 13.5. The molecule has 1 aliphatic heterocycles. The van der Waals surface area contributed by atoms with Crippen LogP contribution in [0.1, 0.15) is 50.8 Å². The molecule has 122 valence electrons. The zero-order valence-corrected chi connectivity index (χ0v) is 14.4. The zero-order chi connectivity index (χ0) is 16.0. The summed E-state index contributed by atoms with van der Waals surface area (Å²) < 4.78 is 29.4. The van der Waals surface area contributed by atoms with Gasteiger partial charge in [-0.2, -0.15) is 0 Å². The molecule has 1 saturated heterocycles. The van der Waals surface area contributed by atoms with Crippen LogP contribution >= 0.6 is 0 Å². The number of fused-ring (bicyclic) bond motifs is 1. The number of rotatable bonds is 2. The molecule has 1 aliphatic carbocycles. The molecular weight excluding hydrogens is 299 g/mol. The molecule has 1 aromatic carbocycles. The predicted molar refractivity (Wildman–Crippen MR) is 88.4 cm³/mol. The normalized spacial score (nSPS) is 25.2. The summed E-state index contributed by atoms with van der Waals surface area (Å²) in [6.07, 6.45) is 3.01. The Balaban J connectivity index is 1.97. The highest BCUT2D eigenvalue weighted by atomic mass is 32.2. The number of piperidine rings is 1. The minimum Gasteiger partial charge on any atom is -0.317 e. The van der Waals surface area contributed by atoms with Crippen LogP contribution in [0.3, 0.4) is 0 Å². The van der Waals surface area contributed by atoms with Crippen molar-refractivity contribution in [2.45, 2.75) is 50.8 Å². The fraction of sp³-hybridized carbons (Fsp3) is 0.647. The van der Waals surface area contributed by atoms with Gasteiger partial charge in [0, 0.05) is 0 Å². The molecule has 1 heterocycles. The summed E-state index contributed by atoms with van der Waals surface area (Å²) in [6, 6.07) is 5.04. The fourth-order valence-electron chi connectivity index (χ4n) is 3.67. The maximum absolute atomic E-state index is 13.7. The lowest BCUT2D eigenvalue weighted by Gasteiger charge is -2.40. The van der Waals surface area contributed by atoms with E-state index < -0.39 is 11.0 Å². The number of nitrogens with one attached hydrogen (secondary N) is 2. The Morgan fingerprint density at radius 2 is 2.00 bits per heavy atom. The molecule has 1 unspecified atom stereocenters. The smallest absolute Gasteiger partial charge is 0.123 e. The molecule has 0 amide bonds. The first-order chi connectivity index (χ1) is 10.3. The van der Waals surface area contributed by atoms with Crippen molar-refractivity contribution < 1.29 is 8.60 Å². The lowest BCUT2D eigenvalue weighted by molar-refractivity contribution is 0.164. The molecule has 1 aromatic rings. The Kier molecular flexibility index (Phi) is 4.16. The lowest BCUT2D eigenvalue weighted by Crippen LogP contribution is -2.46. The maximum Gasteiger partial charge on any atom is 0.123 e. The standard InChI is InChI=1S/C17H25FN2OS/c1-16(2,3)22(21)20-15-14-10-13(18)5-4-12(14)11-17(15)6-8-19-9-7-17/h4-5,10,15,19-20H,6-9,11H2,1-3H3/t15?,22-/m1/s1. The van der Waals surface area contributed by atoms with Gasteiger partial charge in [0.1, 0.15) is 5.82 Å². The Morgan fingerprint density at radius 3 is 2.64 bits per heavy atom. The second-order valence-electron chi connectivity index (χ2n) is 7.56. The summed E-state index contributed by atoms with van der Waals surface area (Å²) in [4.78, 5) is 0. The minimum atomic E-state index is -1.16. The molecule has 2 aliphatic rings. The number of hydrogen-bond acceptors (Lipinski definition) is 2. The van der Waals surface area contributed by atoms with Gasteiger partial charge in [0.05, 0.1) is 21.8 Å². The molecule has 1 spiro atoms. The first-order valence-electron chi connectivity index (χ1n) is 7.99. The van der Waals surface area contributed by atoms with Crippen LogP contribution in [-0.2, 0) is 17.4 Å². The Hall–Kier alpha value is -0.780. The molecule has 1 fully saturated rings. The molecule has 0 saturated carbocycles. The van der Waals surface area contributed by atoms with E-state index in [9.17, 15) is 8.60 Å². The second-order valence-corrected chi connectivity index (χ2v) is 9.56. The average Bonchev–Trinajstić information content (AvgIpc) is 2.72. The fourth-order valence-corrected chi connectivity index (χ4v) is 4.61. The van der Waals surface area contributed by atoms with Crippen LogP contribution in [-0.4, -0.2) is 22.0 Å². The van der Waals surface area contributed by atoms with E-state index in [0.717, 1.165) is 37.9 Å². The lowest BCUT2D eigenvalue weighted by atomic mass is 9.73. The van der Waals surface area contributed by atoms with E-state index in [1.54, 1.807) is 6.07 Å². The van der Waals surface area contributed by atoms with Gasteiger partial charge in [-0.3, -0.25) is 0 Å². The molecular formula is C17H25FN2OS. The molecule has 3 nitrogen and oxygen atoms in total. The summed E-state index contributed by atoms with van der Waals surface area (Å²) in [5.41, 5.74) is 2.26. The van der Waals surface area contributed by atoms with Crippen molar-refractivity contribution in [3.05, 3.63) is 35.1 Å². The van der Waals surface area contributed by atoms with Crippen molar-refractivity contribution in [3.8, 4) is 0 Å². The Morgan fingerprint density at radius 1 is 1.32 bits per heavy atom. The summed E-state index contributed by atoms with van der Waals surface area (Å²) in [5, 5.41) is 3.40. The van der Waals surface area contributed by atoms with Gasteiger partial charge in [-0.1, -0.05) is 6.07 Å². The van der Waals surface area contributed by atoms with Crippen LogP contribution in [0.4, 0.5) is 4.39 Å². The van der Waals surface area contributed by atoms with E-state index in [1.165, 1.54) is 11.6 Å². The third kappa shape index (κ3) is 2.86. The minimum absolute atomic E-state index is 0.0274. The van der Waals surface area contributed by atoms with E-state index in [2.05, 4.69) is 10.0 Å². The van der Waals surface area contributed by atoms with Crippen LogP contribution in [0.25, 0.3) is 0 Å². The molecule has 2 N–H and O–H groups in total. The van der Waals surface area contributed by atoms with Crippen molar-refractivity contribution >= 4 is 11.0 Å². The Bertz CT molecular complexity index is 591. The highest BCUT2D eigenvalue weighted by molar-refractivity contribution is 7.84. The molecule has 3 rings (SSSR count). The van der Waals surface area contributed by atoms with Crippen molar-refractivity contribution in [1.29, 1.82) is 0 Å². The first kappa shape index (κ1) is 16.1. The van der Waals surface area contributed by atoms with Crippen molar-refractivity contribution in [2.75, 3.05) is 13.1 Å². The molecule has 2 atom stereocenters. The van der Waals surface area contributed by atoms with Gasteiger partial charge in [0.25, 0.3) is 0 Å². The van der Waals surface area contributed by atoms with Crippen LogP contribution in [0.5, 0.6) is 0 Å². The maximum atomic E-state index is 13.7. The topological polar surface area (TPSA) is 41.1 Å². The van der Waals surface area contributed by atoms with Crippen molar-refractivity contribution in [1.82, 2.24) is 10.0 Å². The number of halogens is 1. The average molecular weight is 324 g/mol. The van der Waals surface area contributed by atoms with E-state index in [1.807, 2.05) is 26.8 Å². The van der Waals surface area contributed by atoms with E-state index in [0.29, 0.717) is 0 Å². The van der Waals surface area contributed by atoms with Crippen LogP contribution in [0.15, 0.2) is 18.2 Å². The van der Waals surface area contributed by atoms with E-state index in [-0.39, 0.29) is 22.0 Å². The van der Waals surface area contributed by atoms with Crippen LogP contribution < -0.4 is 10.0 Å². The van der Waals surface area contributed by atoms with Crippen molar-refractivity contribution in [2.24, 2.45) is 5.41 Å². The van der Waals surface area contributed by atoms with Gasteiger partial charge >= 0.3 is 0 Å². The molecule has 0 aromatic heterocycles. The molecule has 22 heavy (non-hydrogen) atoms. The summed E-state index contributed by atoms with van der Waals surface area (Å²) >= 11 is 0. The third-order valence-corrected chi connectivity index (χ3v) is 6.52. The van der Waals surface area contributed by atoms with Gasteiger partial charge in [-0.25, -0.2) is 13.3 Å². The first-order valence-corrected chi connectivity index (χ1v) is 9.14. The van der Waals surface area contributed by atoms with Gasteiger partial charge in [-0.15, -0.1) is 0 Å². The van der Waals surface area contributed by atoms with Gasteiger partial charge < -0.3 is 5.32 Å². The van der Waals surface area contributed by atoms with E-state index >= 15 is 0 Å². The summed E-state index contributed by atoms with van der Waals surface area (Å²) in [6.45, 7) is 7.83. The number of hydrogen-bond donors (Lipinski definition) is 2. The highest BCUT2D eigenvalue weighted by Gasteiger charge is 2.47. The molecule has 5 heteroatoms. The largest absolute Gasteiger partial charge is 0.317 e. The van der Waals surface area contributed by atoms with E-state index in [4.69, 9.17) is 0 Å². The van der Waals surface area contributed by atoms with Crippen LogP contribution in [0.2, 0.25) is 0 Å². The quantitative estimate of drug-likeness (QED) is 0.878. The van der Waals surface area contributed by atoms with Gasteiger partial charge in [0.2, 0.25) is 0 Å². The summed E-state index contributed by atoms with van der Waals surface area (Å²) in [5.74, 6) is -0.210. The van der Waals surface area contributed by atoms with Gasteiger partial charge in [0.15, 0.2) is 0 Å². The number of benzene rings is 1. The van der Waals surface area contributed by atoms with Gasteiger partial charge in [-0.05, 0) is 81.8 Å². The monoisotopic (exact) mass is 324 g/mol. The third-order valence-electron chi connectivity index (χ3n) is 4.95. The second kappa shape index (κ2) is 5.69. The highest BCUT2D eigenvalue weighted by Crippen LogP contribution is 2.51. The molecule has 0 radical (unpaired) electrons. The predicted octanol–water partition coefficient (Wildman–Crippen LogP) is 2.84.